The van der Waals surface area contributed by atoms with Crippen LogP contribution in [0.5, 0.6) is 0 Å². The van der Waals surface area contributed by atoms with Crippen molar-refractivity contribution >= 4 is 11.7 Å². The second kappa shape index (κ2) is 6.93. The van der Waals surface area contributed by atoms with Gasteiger partial charge >= 0.3 is 18.0 Å². The van der Waals surface area contributed by atoms with E-state index in [1.54, 1.807) is 0 Å². The van der Waals surface area contributed by atoms with Crippen LogP contribution in [0.3, 0.4) is 0 Å². The lowest BCUT2D eigenvalue weighted by Gasteiger charge is -2.03. The first-order chi connectivity index (χ1) is 11.3. The first-order valence-corrected chi connectivity index (χ1v) is 6.24. The Bertz CT molecular complexity index is 791. The molecule has 0 atom stereocenters. The van der Waals surface area contributed by atoms with Gasteiger partial charge in [0.15, 0.2) is 0 Å². The average molecular weight is 339 g/mol. The molecular weight excluding hydrogens is 331 g/mol. The molecule has 0 aliphatic heterocycles. The summed E-state index contributed by atoms with van der Waals surface area (Å²) in [7, 11) is 0. The second-order valence-corrected chi connectivity index (χ2v) is 4.25. The molecule has 0 saturated heterocycles. The van der Waals surface area contributed by atoms with Gasteiger partial charge in [0, 0.05) is 11.1 Å². The zero-order valence-corrected chi connectivity index (χ0v) is 11.8. The maximum atomic E-state index is 12.4. The van der Waals surface area contributed by atoms with Crippen molar-refractivity contribution in [3.05, 3.63) is 35.7 Å². The fourth-order valence-corrected chi connectivity index (χ4v) is 1.55. The van der Waals surface area contributed by atoms with E-state index in [2.05, 4.69) is 25.4 Å². The van der Waals surface area contributed by atoms with E-state index in [9.17, 15) is 22.8 Å². The number of amides is 1. The number of hydroxylamine groups is 1. The van der Waals surface area contributed by atoms with Crippen LogP contribution in [-0.4, -0.2) is 28.4 Å². The van der Waals surface area contributed by atoms with Gasteiger partial charge in [0.25, 0.3) is 5.78 Å². The zero-order valence-electron chi connectivity index (χ0n) is 11.8. The average Bonchev–Trinajstić information content (AvgIpc) is 3.05. The molecule has 1 amide bonds. The summed E-state index contributed by atoms with van der Waals surface area (Å²) in [6.45, 7) is -0.211. The Morgan fingerprint density at radius 1 is 1.29 bits per heavy atom. The summed E-state index contributed by atoms with van der Waals surface area (Å²) in [5, 5.41) is 3.20. The molecule has 1 aromatic carbocycles. The van der Waals surface area contributed by atoms with Gasteiger partial charge in [-0.15, -0.1) is 6.42 Å². The first kappa shape index (κ1) is 17.2. The molecule has 10 heteroatoms. The van der Waals surface area contributed by atoms with Crippen molar-refractivity contribution in [3.8, 4) is 23.7 Å². The molecule has 1 N–H and O–H groups in total. The minimum absolute atomic E-state index is 0.0138. The standard InChI is InChI=1S/C14H8F3N3O4/c1-2-7-23-20-12(22)10(21)8-3-5-9(6-4-8)11-18-13(24-19-11)14(15,16)17/h1,3-6H,7H2,(H,20,22). The molecule has 0 aliphatic carbocycles. The topological polar surface area (TPSA) is 94.3 Å². The third-order valence-corrected chi connectivity index (χ3v) is 2.60. The molecule has 0 bridgehead atoms. The van der Waals surface area contributed by atoms with Crippen molar-refractivity contribution < 1.29 is 32.1 Å². The van der Waals surface area contributed by atoms with Gasteiger partial charge in [-0.2, -0.15) is 18.2 Å². The minimum Gasteiger partial charge on any atom is -0.329 e. The highest BCUT2D eigenvalue weighted by molar-refractivity contribution is 6.42. The number of ketones is 1. The van der Waals surface area contributed by atoms with E-state index in [1.807, 2.05) is 5.48 Å². The van der Waals surface area contributed by atoms with E-state index in [0.717, 1.165) is 0 Å². The van der Waals surface area contributed by atoms with E-state index in [0.29, 0.717) is 0 Å². The van der Waals surface area contributed by atoms with Crippen LogP contribution >= 0.6 is 0 Å². The van der Waals surface area contributed by atoms with Gasteiger partial charge in [0.05, 0.1) is 0 Å². The molecule has 0 aliphatic rings. The van der Waals surface area contributed by atoms with Gasteiger partial charge in [-0.25, -0.2) is 5.48 Å². The highest BCUT2D eigenvalue weighted by Crippen LogP contribution is 2.29. The third kappa shape index (κ3) is 3.96. The first-order valence-electron chi connectivity index (χ1n) is 6.24. The summed E-state index contributed by atoms with van der Waals surface area (Å²) in [6, 6.07) is 4.99. The van der Waals surface area contributed by atoms with Gasteiger partial charge in [-0.3, -0.25) is 14.4 Å². The van der Waals surface area contributed by atoms with E-state index >= 15 is 0 Å². The van der Waals surface area contributed by atoms with Gasteiger partial charge in [-0.1, -0.05) is 35.3 Å². The summed E-state index contributed by atoms with van der Waals surface area (Å²) in [5.41, 5.74) is 2.01. The van der Waals surface area contributed by atoms with Crippen molar-refractivity contribution in [2.24, 2.45) is 0 Å². The maximum Gasteiger partial charge on any atom is 0.471 e. The summed E-state index contributed by atoms with van der Waals surface area (Å²) < 4.78 is 41.3. The fourth-order valence-electron chi connectivity index (χ4n) is 1.55. The van der Waals surface area contributed by atoms with Crippen LogP contribution in [-0.2, 0) is 15.8 Å². The van der Waals surface area contributed by atoms with Crippen LogP contribution in [0.15, 0.2) is 28.8 Å². The molecule has 1 heterocycles. The number of benzene rings is 1. The minimum atomic E-state index is -4.75. The molecular formula is C14H8F3N3O4. The molecule has 124 valence electrons. The predicted octanol–water partition coefficient (Wildman–Crippen LogP) is 1.62. The van der Waals surface area contributed by atoms with Crippen molar-refractivity contribution in [2.75, 3.05) is 6.61 Å². The Hall–Kier alpha value is -3.19. The molecule has 0 spiro atoms. The van der Waals surface area contributed by atoms with E-state index in [4.69, 9.17) is 6.42 Å². The van der Waals surface area contributed by atoms with Crippen LogP contribution in [0.25, 0.3) is 11.4 Å². The Balaban J connectivity index is 2.10. The van der Waals surface area contributed by atoms with Crippen LogP contribution in [0, 0.1) is 12.3 Å². The molecule has 24 heavy (non-hydrogen) atoms. The Morgan fingerprint density at radius 2 is 1.96 bits per heavy atom. The number of alkyl halides is 3. The fraction of sp³-hybridized carbons (Fsp3) is 0.143. The lowest BCUT2D eigenvalue weighted by Crippen LogP contribution is -2.31. The second-order valence-electron chi connectivity index (χ2n) is 4.25. The monoisotopic (exact) mass is 339 g/mol. The number of carbonyl (C=O) groups is 2. The quantitative estimate of drug-likeness (QED) is 0.292. The number of nitrogens with zero attached hydrogens (tertiary/aromatic N) is 2. The third-order valence-electron chi connectivity index (χ3n) is 2.60. The van der Waals surface area contributed by atoms with Crippen LogP contribution in [0.4, 0.5) is 13.2 Å². The molecule has 2 rings (SSSR count). The number of rotatable bonds is 5. The van der Waals surface area contributed by atoms with Crippen molar-refractivity contribution in [2.45, 2.75) is 6.18 Å². The van der Waals surface area contributed by atoms with Crippen molar-refractivity contribution in [1.82, 2.24) is 15.6 Å². The zero-order chi connectivity index (χ0) is 17.7. The van der Waals surface area contributed by atoms with Crippen LogP contribution < -0.4 is 5.48 Å². The lowest BCUT2D eigenvalue weighted by atomic mass is 10.1. The Labute approximate surface area is 132 Å². The summed E-state index contributed by atoms with van der Waals surface area (Å²) in [5.74, 6) is -1.66. The van der Waals surface area contributed by atoms with Crippen molar-refractivity contribution in [1.29, 1.82) is 0 Å². The Morgan fingerprint density at radius 3 is 2.50 bits per heavy atom. The SMILES string of the molecule is C#CCONC(=O)C(=O)c1ccc(-c2noc(C(F)(F)F)n2)cc1. The van der Waals surface area contributed by atoms with Crippen LogP contribution in [0.2, 0.25) is 0 Å². The maximum absolute atomic E-state index is 12.4. The van der Waals surface area contributed by atoms with Crippen molar-refractivity contribution in [3.63, 3.8) is 0 Å². The molecule has 1 aromatic heterocycles. The summed E-state index contributed by atoms with van der Waals surface area (Å²) >= 11 is 0. The number of terminal acetylenes is 1. The highest BCUT2D eigenvalue weighted by Gasteiger charge is 2.38. The summed E-state index contributed by atoms with van der Waals surface area (Å²) in [4.78, 5) is 31.0. The van der Waals surface area contributed by atoms with Gasteiger partial charge in [-0.05, 0) is 0 Å². The number of hydrogen-bond acceptors (Lipinski definition) is 6. The lowest BCUT2D eigenvalue weighted by molar-refractivity contribution is -0.159. The predicted molar refractivity (Wildman–Crippen MR) is 72.0 cm³/mol. The van der Waals surface area contributed by atoms with E-state index in [-0.39, 0.29) is 23.6 Å². The number of halogens is 3. The smallest absolute Gasteiger partial charge is 0.329 e. The molecule has 7 nitrogen and oxygen atoms in total. The highest BCUT2D eigenvalue weighted by atomic mass is 19.4. The molecule has 0 radical (unpaired) electrons. The number of hydrogen-bond donors (Lipinski definition) is 1. The number of nitrogens with one attached hydrogen (secondary N) is 1. The molecule has 0 unspecified atom stereocenters. The largest absolute Gasteiger partial charge is 0.471 e. The Kier molecular flexibility index (Phi) is 4.96. The molecule has 0 fully saturated rings. The number of carbonyl (C=O) groups excluding carboxylic acids is 2. The number of aromatic nitrogens is 2. The summed E-state index contributed by atoms with van der Waals surface area (Å²) in [6.07, 6.45) is 0.149. The number of Topliss-reactive ketones (excluding diaryl/α,β-unsaturated/α-hetero) is 1. The van der Waals surface area contributed by atoms with E-state index in [1.165, 1.54) is 24.3 Å². The normalized spacial score (nSPS) is 10.9. The molecule has 2 aromatic rings. The van der Waals surface area contributed by atoms with Gasteiger partial charge in [0.1, 0.15) is 6.61 Å². The molecule has 0 saturated carbocycles. The van der Waals surface area contributed by atoms with Crippen LogP contribution in [0.1, 0.15) is 16.2 Å². The van der Waals surface area contributed by atoms with E-state index < -0.39 is 23.8 Å². The van der Waals surface area contributed by atoms with Gasteiger partial charge < -0.3 is 4.52 Å². The van der Waals surface area contributed by atoms with Gasteiger partial charge in [0.2, 0.25) is 5.82 Å².